The van der Waals surface area contributed by atoms with Gasteiger partial charge in [-0.05, 0) is 24.3 Å². The summed E-state index contributed by atoms with van der Waals surface area (Å²) < 4.78 is 15.8. The molecular weight excluding hydrogens is 263 g/mol. The summed E-state index contributed by atoms with van der Waals surface area (Å²) in [4.78, 5) is 4.08. The van der Waals surface area contributed by atoms with E-state index in [0.717, 1.165) is 27.2 Å². The zero-order valence-electron chi connectivity index (χ0n) is 9.82. The van der Waals surface area contributed by atoms with Crippen molar-refractivity contribution in [3.63, 3.8) is 0 Å². The van der Waals surface area contributed by atoms with Crippen molar-refractivity contribution in [2.45, 2.75) is 0 Å². The maximum Gasteiger partial charge on any atom is 0.132 e. The number of benzene rings is 1. The van der Waals surface area contributed by atoms with Gasteiger partial charge in [0.15, 0.2) is 0 Å². The van der Waals surface area contributed by atoms with Gasteiger partial charge in [0.1, 0.15) is 11.0 Å². The molecule has 3 aromatic heterocycles. The third kappa shape index (κ3) is 1.28. The van der Waals surface area contributed by atoms with E-state index in [1.165, 1.54) is 6.07 Å². The van der Waals surface area contributed by atoms with Crippen molar-refractivity contribution >= 4 is 45.4 Å². The molecule has 4 aromatic rings. The van der Waals surface area contributed by atoms with Crippen LogP contribution in [0, 0.1) is 5.82 Å². The van der Waals surface area contributed by atoms with Gasteiger partial charge in [-0.15, -0.1) is 0 Å². The summed E-state index contributed by atoms with van der Waals surface area (Å²) in [5.74, 6) is -0.228. The van der Waals surface area contributed by atoms with Crippen molar-refractivity contribution in [3.05, 3.63) is 52.8 Å². The Hall–Kier alpha value is -2.13. The average molecular weight is 271 g/mol. The van der Waals surface area contributed by atoms with Crippen molar-refractivity contribution in [1.29, 1.82) is 0 Å². The zero-order chi connectivity index (χ0) is 13.1. The van der Waals surface area contributed by atoms with E-state index in [2.05, 4.69) is 11.6 Å². The van der Waals surface area contributed by atoms with Crippen molar-refractivity contribution in [2.75, 3.05) is 0 Å². The van der Waals surface area contributed by atoms with Gasteiger partial charge in [-0.2, -0.15) is 0 Å². The first-order valence-corrected chi connectivity index (χ1v) is 6.20. The summed E-state index contributed by atoms with van der Waals surface area (Å²) in [5, 5.41) is 3.70. The van der Waals surface area contributed by atoms with E-state index in [1.807, 2.05) is 16.5 Å². The van der Waals surface area contributed by atoms with Crippen LogP contribution in [0.1, 0.15) is 0 Å². The van der Waals surface area contributed by atoms with Gasteiger partial charge >= 0.3 is 0 Å². The van der Waals surface area contributed by atoms with Crippen LogP contribution in [-0.4, -0.2) is 9.38 Å². The summed E-state index contributed by atoms with van der Waals surface area (Å²) in [6.07, 6.45) is 1.71. The van der Waals surface area contributed by atoms with Gasteiger partial charge in [-0.3, -0.25) is 0 Å². The third-order valence-corrected chi connectivity index (χ3v) is 3.73. The molecule has 19 heavy (non-hydrogen) atoms. The summed E-state index contributed by atoms with van der Waals surface area (Å²) in [6.45, 7) is 4.08. The smallest absolute Gasteiger partial charge is 0.132 e. The minimum Gasteiger partial charge on any atom is -0.309 e. The van der Waals surface area contributed by atoms with E-state index < -0.39 is 0 Å². The fraction of sp³-hybridized carbons (Fsp3) is 0. The maximum atomic E-state index is 13.8. The second kappa shape index (κ2) is 3.45. The van der Waals surface area contributed by atoms with Gasteiger partial charge < -0.3 is 4.40 Å². The lowest BCUT2D eigenvalue weighted by molar-refractivity contribution is 0.640. The monoisotopic (exact) mass is 270 g/mol. The van der Waals surface area contributed by atoms with Crippen LogP contribution in [0.3, 0.4) is 0 Å². The van der Waals surface area contributed by atoms with Crippen molar-refractivity contribution < 1.29 is 4.39 Å². The summed E-state index contributed by atoms with van der Waals surface area (Å²) in [5.41, 5.74) is 1.72. The Labute approximate surface area is 112 Å². The van der Waals surface area contributed by atoms with E-state index >= 15 is 0 Å². The molecule has 4 rings (SSSR count). The SMILES string of the molecule is C=c1c2cnc(Cl)cc2c2cc3c(F)cccc3n12. The summed E-state index contributed by atoms with van der Waals surface area (Å²) in [7, 11) is 0. The van der Waals surface area contributed by atoms with Gasteiger partial charge in [0.05, 0.1) is 11.0 Å². The van der Waals surface area contributed by atoms with Gasteiger partial charge in [-0.1, -0.05) is 24.2 Å². The van der Waals surface area contributed by atoms with E-state index in [0.29, 0.717) is 10.5 Å². The van der Waals surface area contributed by atoms with E-state index in [1.54, 1.807) is 18.3 Å². The molecule has 0 aliphatic carbocycles. The number of hydrogen-bond donors (Lipinski definition) is 0. The van der Waals surface area contributed by atoms with Crippen LogP contribution in [0.4, 0.5) is 4.39 Å². The first kappa shape index (κ1) is 10.8. The standard InChI is InChI=1S/C15H8ClFN2/c1-8-11-7-18-15(16)6-9(11)14-5-10-12(17)3-2-4-13(10)19(8)14/h2-7H,1H2. The van der Waals surface area contributed by atoms with Crippen LogP contribution < -0.4 is 5.35 Å². The highest BCUT2D eigenvalue weighted by Gasteiger charge is 2.13. The maximum absolute atomic E-state index is 13.8. The summed E-state index contributed by atoms with van der Waals surface area (Å²) >= 11 is 5.94. The fourth-order valence-electron chi connectivity index (χ4n) is 2.68. The highest BCUT2D eigenvalue weighted by Crippen LogP contribution is 2.28. The minimum absolute atomic E-state index is 0.228. The molecule has 0 aliphatic heterocycles. The molecule has 92 valence electrons. The van der Waals surface area contributed by atoms with Crippen LogP contribution in [0.15, 0.2) is 36.5 Å². The molecule has 3 heterocycles. The number of nitrogens with zero attached hydrogens (tertiary/aromatic N) is 2. The van der Waals surface area contributed by atoms with E-state index in [4.69, 9.17) is 11.6 Å². The molecule has 0 aliphatic rings. The first-order chi connectivity index (χ1) is 9.16. The number of hydrogen-bond acceptors (Lipinski definition) is 1. The first-order valence-electron chi connectivity index (χ1n) is 5.82. The van der Waals surface area contributed by atoms with Crippen molar-refractivity contribution in [3.8, 4) is 0 Å². The van der Waals surface area contributed by atoms with Crippen LogP contribution in [-0.2, 0) is 0 Å². The molecule has 0 saturated carbocycles. The molecule has 0 spiro atoms. The predicted molar refractivity (Wildman–Crippen MR) is 75.9 cm³/mol. The lowest BCUT2D eigenvalue weighted by atomic mass is 10.2. The molecule has 4 heteroatoms. The average Bonchev–Trinajstić information content (AvgIpc) is 2.89. The second-order valence-corrected chi connectivity index (χ2v) is 4.92. The van der Waals surface area contributed by atoms with Crippen molar-refractivity contribution in [2.24, 2.45) is 0 Å². The normalized spacial score (nSPS) is 11.9. The summed E-state index contributed by atoms with van der Waals surface area (Å²) in [6, 6.07) is 8.66. The van der Waals surface area contributed by atoms with Crippen LogP contribution in [0.5, 0.6) is 0 Å². The molecule has 0 bridgehead atoms. The molecule has 0 fully saturated rings. The molecule has 0 atom stereocenters. The lowest BCUT2D eigenvalue weighted by Gasteiger charge is -1.94. The number of pyridine rings is 1. The number of rotatable bonds is 0. The third-order valence-electron chi connectivity index (χ3n) is 3.52. The second-order valence-electron chi connectivity index (χ2n) is 4.54. The molecular formula is C15H8ClFN2. The molecule has 1 aromatic carbocycles. The highest BCUT2D eigenvalue weighted by molar-refractivity contribution is 6.30. The molecule has 0 unspecified atom stereocenters. The molecule has 0 radical (unpaired) electrons. The Morgan fingerprint density at radius 2 is 1.95 bits per heavy atom. The number of aromatic nitrogens is 2. The number of halogens is 2. The Balaban J connectivity index is 2.39. The zero-order valence-corrected chi connectivity index (χ0v) is 10.6. The topological polar surface area (TPSA) is 17.3 Å². The van der Waals surface area contributed by atoms with Gasteiger partial charge in [0, 0.05) is 27.7 Å². The van der Waals surface area contributed by atoms with E-state index in [9.17, 15) is 4.39 Å². The highest BCUT2D eigenvalue weighted by atomic mass is 35.5. The molecule has 0 amide bonds. The largest absolute Gasteiger partial charge is 0.309 e. The Bertz CT molecular complexity index is 1000. The van der Waals surface area contributed by atoms with Gasteiger partial charge in [-0.25, -0.2) is 9.37 Å². The Morgan fingerprint density at radius 3 is 2.79 bits per heavy atom. The van der Waals surface area contributed by atoms with Crippen LogP contribution in [0.25, 0.3) is 33.8 Å². The molecule has 0 N–H and O–H groups in total. The number of fused-ring (bicyclic) bond motifs is 5. The molecule has 0 saturated heterocycles. The quantitative estimate of drug-likeness (QED) is 0.447. The van der Waals surface area contributed by atoms with Gasteiger partial charge in [0.25, 0.3) is 0 Å². The van der Waals surface area contributed by atoms with Crippen LogP contribution >= 0.6 is 11.6 Å². The lowest BCUT2D eigenvalue weighted by Crippen LogP contribution is -2.05. The fourth-order valence-corrected chi connectivity index (χ4v) is 2.83. The predicted octanol–water partition coefficient (Wildman–Crippen LogP) is 3.56. The Kier molecular flexibility index (Phi) is 1.96. The molecule has 2 nitrogen and oxygen atoms in total. The van der Waals surface area contributed by atoms with Crippen LogP contribution in [0.2, 0.25) is 5.15 Å². The van der Waals surface area contributed by atoms with Crippen molar-refractivity contribution in [1.82, 2.24) is 9.38 Å². The Morgan fingerprint density at radius 1 is 1.11 bits per heavy atom. The minimum atomic E-state index is -0.228. The van der Waals surface area contributed by atoms with Gasteiger partial charge in [0.2, 0.25) is 0 Å². The van der Waals surface area contributed by atoms with E-state index in [-0.39, 0.29) is 5.82 Å².